The molecule has 2 aromatic carbocycles. The van der Waals surface area contributed by atoms with E-state index in [1.807, 2.05) is 12.1 Å². The zero-order valence-electron chi connectivity index (χ0n) is 13.3. The van der Waals surface area contributed by atoms with Crippen LogP contribution < -0.4 is 4.74 Å². The third-order valence-electron chi connectivity index (χ3n) is 4.18. The molecule has 1 unspecified atom stereocenters. The molecule has 1 heterocycles. The molecule has 3 rings (SSSR count). The molecule has 0 bridgehead atoms. The Labute approximate surface area is 140 Å². The SMILES string of the molecule is N#Cc1ccc(OCC(O)CN2CCc3ccccc3C2)cc1F. The number of fused-ring (bicyclic) bond motifs is 1. The summed E-state index contributed by atoms with van der Waals surface area (Å²) in [4.78, 5) is 2.19. The van der Waals surface area contributed by atoms with Crippen LogP contribution in [0.2, 0.25) is 0 Å². The van der Waals surface area contributed by atoms with E-state index in [1.54, 1.807) is 6.07 Å². The minimum Gasteiger partial charge on any atom is -0.491 e. The Hall–Kier alpha value is -2.42. The fraction of sp³-hybridized carbons (Fsp3) is 0.316. The molecule has 0 saturated carbocycles. The zero-order chi connectivity index (χ0) is 16.9. The number of β-amino-alcohol motifs (C(OH)–C–C–N with tert-alkyl or cyclic N) is 1. The van der Waals surface area contributed by atoms with Crippen LogP contribution in [0.25, 0.3) is 0 Å². The Morgan fingerprint density at radius 2 is 2.04 bits per heavy atom. The molecule has 0 radical (unpaired) electrons. The lowest BCUT2D eigenvalue weighted by molar-refractivity contribution is 0.0636. The molecule has 0 aliphatic carbocycles. The third-order valence-corrected chi connectivity index (χ3v) is 4.18. The van der Waals surface area contributed by atoms with Gasteiger partial charge >= 0.3 is 0 Å². The zero-order valence-corrected chi connectivity index (χ0v) is 13.3. The quantitative estimate of drug-likeness (QED) is 0.917. The largest absolute Gasteiger partial charge is 0.491 e. The van der Waals surface area contributed by atoms with Gasteiger partial charge in [0.25, 0.3) is 0 Å². The Balaban J connectivity index is 1.51. The second-order valence-electron chi connectivity index (χ2n) is 5.97. The molecule has 0 saturated heterocycles. The lowest BCUT2D eigenvalue weighted by atomic mass is 10.00. The highest BCUT2D eigenvalue weighted by molar-refractivity contribution is 5.36. The number of nitrogens with zero attached hydrogens (tertiary/aromatic N) is 2. The highest BCUT2D eigenvalue weighted by Gasteiger charge is 2.18. The number of hydrogen-bond acceptors (Lipinski definition) is 4. The lowest BCUT2D eigenvalue weighted by Gasteiger charge is -2.30. The number of ether oxygens (including phenoxy) is 1. The first kappa shape index (κ1) is 16.4. The van der Waals surface area contributed by atoms with Gasteiger partial charge in [0.15, 0.2) is 0 Å². The van der Waals surface area contributed by atoms with Gasteiger partial charge in [0.2, 0.25) is 0 Å². The summed E-state index contributed by atoms with van der Waals surface area (Å²) in [7, 11) is 0. The fourth-order valence-electron chi connectivity index (χ4n) is 2.93. The van der Waals surface area contributed by atoms with Crippen molar-refractivity contribution in [2.45, 2.75) is 19.1 Å². The van der Waals surface area contributed by atoms with Gasteiger partial charge in [-0.25, -0.2) is 4.39 Å². The van der Waals surface area contributed by atoms with Crippen molar-refractivity contribution in [3.05, 3.63) is 65.0 Å². The van der Waals surface area contributed by atoms with Crippen LogP contribution in [-0.2, 0) is 13.0 Å². The normalized spacial score (nSPS) is 15.4. The predicted molar refractivity (Wildman–Crippen MR) is 88.0 cm³/mol. The molecule has 1 aliphatic rings. The molecule has 1 aliphatic heterocycles. The van der Waals surface area contributed by atoms with Crippen LogP contribution in [0.1, 0.15) is 16.7 Å². The molecule has 24 heavy (non-hydrogen) atoms. The average molecular weight is 326 g/mol. The smallest absolute Gasteiger partial charge is 0.144 e. The first-order valence-corrected chi connectivity index (χ1v) is 7.95. The first-order chi connectivity index (χ1) is 11.7. The van der Waals surface area contributed by atoms with Crippen molar-refractivity contribution < 1.29 is 14.2 Å². The Bertz CT molecular complexity index is 757. The van der Waals surface area contributed by atoms with Crippen LogP contribution in [0.4, 0.5) is 4.39 Å². The summed E-state index contributed by atoms with van der Waals surface area (Å²) in [5, 5.41) is 18.9. The number of rotatable bonds is 5. The van der Waals surface area contributed by atoms with E-state index in [2.05, 4.69) is 17.0 Å². The molecule has 124 valence electrons. The summed E-state index contributed by atoms with van der Waals surface area (Å²) in [6.07, 6.45) is 0.318. The van der Waals surface area contributed by atoms with Crippen LogP contribution in [0.15, 0.2) is 42.5 Å². The van der Waals surface area contributed by atoms with Crippen molar-refractivity contribution in [1.29, 1.82) is 5.26 Å². The van der Waals surface area contributed by atoms with Gasteiger partial charge in [-0.3, -0.25) is 4.90 Å². The van der Waals surface area contributed by atoms with Crippen LogP contribution in [-0.4, -0.2) is 35.8 Å². The van der Waals surface area contributed by atoms with Crippen molar-refractivity contribution in [3.63, 3.8) is 0 Å². The Kier molecular flexibility index (Phi) is 5.09. The van der Waals surface area contributed by atoms with Crippen LogP contribution in [0, 0.1) is 17.1 Å². The topological polar surface area (TPSA) is 56.5 Å². The number of halogens is 1. The number of benzene rings is 2. The maximum Gasteiger partial charge on any atom is 0.144 e. The van der Waals surface area contributed by atoms with Gasteiger partial charge in [-0.2, -0.15) is 5.26 Å². The minimum atomic E-state index is -0.658. The van der Waals surface area contributed by atoms with Crippen molar-refractivity contribution in [1.82, 2.24) is 4.90 Å². The molecule has 1 atom stereocenters. The van der Waals surface area contributed by atoms with Crippen LogP contribution >= 0.6 is 0 Å². The van der Waals surface area contributed by atoms with Gasteiger partial charge in [-0.15, -0.1) is 0 Å². The van der Waals surface area contributed by atoms with E-state index in [-0.39, 0.29) is 12.2 Å². The van der Waals surface area contributed by atoms with E-state index in [4.69, 9.17) is 10.00 Å². The average Bonchev–Trinajstić information content (AvgIpc) is 2.60. The van der Waals surface area contributed by atoms with Crippen LogP contribution in [0.5, 0.6) is 5.75 Å². The van der Waals surface area contributed by atoms with Gasteiger partial charge in [-0.1, -0.05) is 24.3 Å². The van der Waals surface area contributed by atoms with Gasteiger partial charge < -0.3 is 9.84 Å². The van der Waals surface area contributed by atoms with Gasteiger partial charge in [0.1, 0.15) is 30.3 Å². The van der Waals surface area contributed by atoms with Crippen molar-refractivity contribution in [3.8, 4) is 11.8 Å². The maximum absolute atomic E-state index is 13.5. The molecule has 0 spiro atoms. The summed E-state index contributed by atoms with van der Waals surface area (Å²) >= 11 is 0. The third kappa shape index (κ3) is 3.91. The highest BCUT2D eigenvalue weighted by atomic mass is 19.1. The standard InChI is InChI=1S/C19H19FN2O2/c20-19-9-18(6-5-15(19)10-21)24-13-17(23)12-22-8-7-14-3-1-2-4-16(14)11-22/h1-6,9,17,23H,7-8,11-13H2. The molecule has 0 aromatic heterocycles. The van der Waals surface area contributed by atoms with E-state index < -0.39 is 11.9 Å². The Morgan fingerprint density at radius 3 is 2.79 bits per heavy atom. The fourth-order valence-corrected chi connectivity index (χ4v) is 2.93. The number of hydrogen-bond donors (Lipinski definition) is 1. The second kappa shape index (κ2) is 7.43. The maximum atomic E-state index is 13.5. The number of aliphatic hydroxyl groups excluding tert-OH is 1. The van der Waals surface area contributed by atoms with E-state index in [0.29, 0.717) is 12.3 Å². The second-order valence-corrected chi connectivity index (χ2v) is 5.97. The van der Waals surface area contributed by atoms with Crippen molar-refractivity contribution >= 4 is 0 Å². The number of aliphatic hydroxyl groups is 1. The molecule has 1 N–H and O–H groups in total. The first-order valence-electron chi connectivity index (χ1n) is 7.95. The molecular weight excluding hydrogens is 307 g/mol. The monoisotopic (exact) mass is 326 g/mol. The number of nitriles is 1. The van der Waals surface area contributed by atoms with E-state index in [1.165, 1.54) is 29.3 Å². The van der Waals surface area contributed by atoms with Crippen molar-refractivity contribution in [2.24, 2.45) is 0 Å². The van der Waals surface area contributed by atoms with E-state index >= 15 is 0 Å². The summed E-state index contributed by atoms with van der Waals surface area (Å²) in [6.45, 7) is 2.31. The van der Waals surface area contributed by atoms with E-state index in [0.717, 1.165) is 19.5 Å². The van der Waals surface area contributed by atoms with E-state index in [9.17, 15) is 9.50 Å². The lowest BCUT2D eigenvalue weighted by Crippen LogP contribution is -2.38. The summed E-state index contributed by atoms with van der Waals surface area (Å²) in [5.41, 5.74) is 2.65. The van der Waals surface area contributed by atoms with Gasteiger partial charge in [0, 0.05) is 25.7 Å². The molecule has 0 fully saturated rings. The molecular formula is C19H19FN2O2. The molecule has 4 nitrogen and oxygen atoms in total. The Morgan fingerprint density at radius 1 is 1.25 bits per heavy atom. The summed E-state index contributed by atoms with van der Waals surface area (Å²) in [5.74, 6) is -0.299. The summed E-state index contributed by atoms with van der Waals surface area (Å²) in [6, 6.07) is 14.2. The highest BCUT2D eigenvalue weighted by Crippen LogP contribution is 2.19. The van der Waals surface area contributed by atoms with Crippen molar-refractivity contribution in [2.75, 3.05) is 19.7 Å². The molecule has 0 amide bonds. The van der Waals surface area contributed by atoms with Crippen LogP contribution in [0.3, 0.4) is 0 Å². The summed E-state index contributed by atoms with van der Waals surface area (Å²) < 4.78 is 18.9. The molecule has 5 heteroatoms. The molecule has 2 aromatic rings. The minimum absolute atomic E-state index is 0.0186. The van der Waals surface area contributed by atoms with Gasteiger partial charge in [0.05, 0.1) is 5.56 Å². The van der Waals surface area contributed by atoms with Gasteiger partial charge in [-0.05, 0) is 29.7 Å². The predicted octanol–water partition coefficient (Wildman–Crippen LogP) is 2.50.